The molecule has 3 unspecified atom stereocenters. The van der Waals surface area contributed by atoms with Gasteiger partial charge in [0.25, 0.3) is 5.91 Å². The second-order valence-corrected chi connectivity index (χ2v) is 5.95. The van der Waals surface area contributed by atoms with Crippen LogP contribution < -0.4 is 10.5 Å². The predicted octanol–water partition coefficient (Wildman–Crippen LogP) is 2.82. The Bertz CT molecular complexity index is 582. The molecule has 1 saturated carbocycles. The summed E-state index contributed by atoms with van der Waals surface area (Å²) in [6.45, 7) is 1.20. The van der Waals surface area contributed by atoms with Crippen molar-refractivity contribution in [3.8, 4) is 5.75 Å². The zero-order valence-electron chi connectivity index (χ0n) is 12.3. The van der Waals surface area contributed by atoms with Gasteiger partial charge in [-0.1, -0.05) is 6.07 Å². The maximum atomic E-state index is 12.5. The second-order valence-electron chi connectivity index (χ2n) is 5.95. The van der Waals surface area contributed by atoms with Gasteiger partial charge in [0, 0.05) is 24.7 Å². The third kappa shape index (κ3) is 3.90. The van der Waals surface area contributed by atoms with E-state index in [0.717, 1.165) is 18.9 Å². The lowest BCUT2D eigenvalue weighted by atomic mass is 9.98. The Balaban J connectivity index is 0.00000192. The first-order valence-corrected chi connectivity index (χ1v) is 7.24. The van der Waals surface area contributed by atoms with Gasteiger partial charge in [0.2, 0.25) is 0 Å². The molecule has 8 heteroatoms. The molecule has 128 valence electrons. The second kappa shape index (κ2) is 6.57. The fourth-order valence-electron chi connectivity index (χ4n) is 3.48. The molecule has 0 bridgehead atoms. The van der Waals surface area contributed by atoms with E-state index in [-0.39, 0.29) is 35.7 Å². The first-order chi connectivity index (χ1) is 10.3. The molecular formula is C15H18ClF3N2O2. The summed E-state index contributed by atoms with van der Waals surface area (Å²) in [6.07, 6.45) is -2.78. The van der Waals surface area contributed by atoms with Crippen molar-refractivity contribution in [1.29, 1.82) is 0 Å². The summed E-state index contributed by atoms with van der Waals surface area (Å²) >= 11 is 0. The average molecular weight is 351 g/mol. The summed E-state index contributed by atoms with van der Waals surface area (Å²) in [6, 6.07) is 5.31. The van der Waals surface area contributed by atoms with E-state index in [0.29, 0.717) is 24.9 Å². The van der Waals surface area contributed by atoms with E-state index in [1.54, 1.807) is 4.90 Å². The number of nitrogens with two attached hydrogens (primary N) is 1. The number of ether oxygens (including phenoxy) is 1. The molecule has 0 radical (unpaired) electrons. The summed E-state index contributed by atoms with van der Waals surface area (Å²) < 4.78 is 40.6. The van der Waals surface area contributed by atoms with E-state index in [1.165, 1.54) is 18.2 Å². The van der Waals surface area contributed by atoms with Gasteiger partial charge in [-0.05, 0) is 42.9 Å². The number of amides is 1. The zero-order chi connectivity index (χ0) is 15.9. The minimum atomic E-state index is -4.76. The maximum Gasteiger partial charge on any atom is 0.573 e. The van der Waals surface area contributed by atoms with Crippen LogP contribution in [0.2, 0.25) is 0 Å². The Morgan fingerprint density at radius 3 is 2.65 bits per heavy atom. The average Bonchev–Trinajstić information content (AvgIpc) is 2.99. The largest absolute Gasteiger partial charge is 0.573 e. The highest BCUT2D eigenvalue weighted by molar-refractivity contribution is 5.94. The summed E-state index contributed by atoms with van der Waals surface area (Å²) in [5.74, 6) is 0.0655. The van der Waals surface area contributed by atoms with E-state index in [4.69, 9.17) is 5.73 Å². The van der Waals surface area contributed by atoms with Crippen LogP contribution >= 0.6 is 12.4 Å². The predicted molar refractivity (Wildman–Crippen MR) is 80.5 cm³/mol. The van der Waals surface area contributed by atoms with E-state index >= 15 is 0 Å². The first kappa shape index (κ1) is 17.9. The van der Waals surface area contributed by atoms with Gasteiger partial charge < -0.3 is 15.4 Å². The number of hydrogen-bond donors (Lipinski definition) is 1. The number of carbonyl (C=O) groups excluding carboxylic acids is 1. The molecule has 1 amide bonds. The lowest BCUT2D eigenvalue weighted by molar-refractivity contribution is -0.274. The minimum absolute atomic E-state index is 0. The molecule has 23 heavy (non-hydrogen) atoms. The normalized spacial score (nSPS) is 26.6. The van der Waals surface area contributed by atoms with E-state index in [9.17, 15) is 18.0 Å². The third-order valence-electron chi connectivity index (χ3n) is 4.51. The highest BCUT2D eigenvalue weighted by Crippen LogP contribution is 2.37. The molecule has 1 aromatic rings. The van der Waals surface area contributed by atoms with Gasteiger partial charge in [-0.25, -0.2) is 0 Å². The standard InChI is InChI=1S/C15H17F3N2O2.ClH/c16-15(17,18)22-11-3-1-2-9(6-11)14(21)20-7-10-4-5-13(19)12(10)8-20;/h1-3,6,10,12-13H,4-5,7-8,19H2;1H. The number of hydrogen-bond acceptors (Lipinski definition) is 3. The van der Waals surface area contributed by atoms with Gasteiger partial charge in [0.05, 0.1) is 0 Å². The van der Waals surface area contributed by atoms with Crippen LogP contribution in [0.5, 0.6) is 5.75 Å². The van der Waals surface area contributed by atoms with Gasteiger partial charge in [-0.3, -0.25) is 4.79 Å². The number of rotatable bonds is 2. The molecule has 0 spiro atoms. The summed E-state index contributed by atoms with van der Waals surface area (Å²) in [5, 5.41) is 0. The van der Waals surface area contributed by atoms with Crippen molar-refractivity contribution in [2.75, 3.05) is 13.1 Å². The monoisotopic (exact) mass is 350 g/mol. The lowest BCUT2D eigenvalue weighted by Gasteiger charge is -2.19. The molecule has 1 heterocycles. The van der Waals surface area contributed by atoms with Crippen molar-refractivity contribution in [2.45, 2.75) is 25.2 Å². The van der Waals surface area contributed by atoms with Crippen LogP contribution in [0.3, 0.4) is 0 Å². The molecule has 2 aliphatic rings. The Morgan fingerprint density at radius 2 is 2.00 bits per heavy atom. The van der Waals surface area contributed by atoms with Crippen molar-refractivity contribution >= 4 is 18.3 Å². The zero-order valence-corrected chi connectivity index (χ0v) is 13.1. The van der Waals surface area contributed by atoms with Crippen LogP contribution in [0.25, 0.3) is 0 Å². The lowest BCUT2D eigenvalue weighted by Crippen LogP contribution is -2.33. The Morgan fingerprint density at radius 1 is 1.26 bits per heavy atom. The van der Waals surface area contributed by atoms with Crippen molar-refractivity contribution in [3.63, 3.8) is 0 Å². The highest BCUT2D eigenvalue weighted by Gasteiger charge is 2.42. The molecule has 1 aliphatic heterocycles. The molecule has 4 nitrogen and oxygen atoms in total. The van der Waals surface area contributed by atoms with Gasteiger partial charge in [0.1, 0.15) is 5.75 Å². The van der Waals surface area contributed by atoms with Gasteiger partial charge in [-0.15, -0.1) is 25.6 Å². The third-order valence-corrected chi connectivity index (χ3v) is 4.51. The Labute approximate surface area is 138 Å². The molecule has 2 N–H and O–H groups in total. The van der Waals surface area contributed by atoms with E-state index in [2.05, 4.69) is 4.74 Å². The Kier molecular flexibility index (Phi) is 5.10. The van der Waals surface area contributed by atoms with E-state index in [1.807, 2.05) is 0 Å². The molecule has 0 aromatic heterocycles. The quantitative estimate of drug-likeness (QED) is 0.892. The molecule has 3 atom stereocenters. The van der Waals surface area contributed by atoms with Gasteiger partial charge in [0.15, 0.2) is 0 Å². The van der Waals surface area contributed by atoms with Crippen LogP contribution in [-0.4, -0.2) is 36.3 Å². The van der Waals surface area contributed by atoms with Crippen LogP contribution in [0, 0.1) is 11.8 Å². The fraction of sp³-hybridized carbons (Fsp3) is 0.533. The number of halogens is 4. The molecule has 1 aromatic carbocycles. The first-order valence-electron chi connectivity index (χ1n) is 7.24. The van der Waals surface area contributed by atoms with Crippen molar-refractivity contribution in [3.05, 3.63) is 29.8 Å². The van der Waals surface area contributed by atoms with Crippen molar-refractivity contribution in [1.82, 2.24) is 4.90 Å². The molecule has 2 fully saturated rings. The number of likely N-dealkylation sites (tertiary alicyclic amines) is 1. The van der Waals surface area contributed by atoms with Crippen LogP contribution in [0.15, 0.2) is 24.3 Å². The van der Waals surface area contributed by atoms with Gasteiger partial charge in [-0.2, -0.15) is 0 Å². The number of fused-ring (bicyclic) bond motifs is 1. The number of alkyl halides is 3. The summed E-state index contributed by atoms with van der Waals surface area (Å²) in [7, 11) is 0. The smallest absolute Gasteiger partial charge is 0.406 e. The molecule has 3 rings (SSSR count). The number of benzene rings is 1. The van der Waals surface area contributed by atoms with Crippen molar-refractivity contribution in [2.24, 2.45) is 17.6 Å². The Hall–Kier alpha value is -1.47. The minimum Gasteiger partial charge on any atom is -0.406 e. The van der Waals surface area contributed by atoms with Crippen molar-refractivity contribution < 1.29 is 22.7 Å². The van der Waals surface area contributed by atoms with Crippen LogP contribution in [0.1, 0.15) is 23.2 Å². The molecular weight excluding hydrogens is 333 g/mol. The topological polar surface area (TPSA) is 55.6 Å². The molecule has 1 aliphatic carbocycles. The summed E-state index contributed by atoms with van der Waals surface area (Å²) in [4.78, 5) is 14.1. The number of carbonyl (C=O) groups is 1. The number of nitrogens with zero attached hydrogens (tertiary/aromatic N) is 1. The molecule has 1 saturated heterocycles. The summed E-state index contributed by atoms with van der Waals surface area (Å²) in [5.41, 5.74) is 6.24. The van der Waals surface area contributed by atoms with Crippen LogP contribution in [0.4, 0.5) is 13.2 Å². The van der Waals surface area contributed by atoms with E-state index < -0.39 is 6.36 Å². The SMILES string of the molecule is Cl.NC1CCC2CN(C(=O)c3cccc(OC(F)(F)F)c3)CC12. The van der Waals surface area contributed by atoms with Gasteiger partial charge >= 0.3 is 6.36 Å². The fourth-order valence-corrected chi connectivity index (χ4v) is 3.48. The highest BCUT2D eigenvalue weighted by atomic mass is 35.5. The van der Waals surface area contributed by atoms with Crippen LogP contribution in [-0.2, 0) is 0 Å². The maximum absolute atomic E-state index is 12.5.